The molecule has 2 aromatic heterocycles. The van der Waals surface area contributed by atoms with Gasteiger partial charge in [-0.25, -0.2) is 4.79 Å². The number of aromatic nitrogens is 2. The van der Waals surface area contributed by atoms with Crippen LogP contribution in [0.5, 0.6) is 11.5 Å². The van der Waals surface area contributed by atoms with Crippen molar-refractivity contribution in [3.05, 3.63) is 52.6 Å². The quantitative estimate of drug-likeness (QED) is 0.463. The minimum absolute atomic E-state index is 0.116. The van der Waals surface area contributed by atoms with Crippen molar-refractivity contribution in [3.8, 4) is 22.9 Å². The molecule has 0 radical (unpaired) electrons. The Bertz CT molecular complexity index is 902. The first-order valence-electron chi connectivity index (χ1n) is 7.61. The molecule has 3 rings (SSSR count). The lowest BCUT2D eigenvalue weighted by atomic mass is 10.2. The number of carbonyl (C=O) groups is 1. The number of rotatable bonds is 7. The summed E-state index contributed by atoms with van der Waals surface area (Å²) < 4.78 is 20.8. The third-order valence-corrected chi connectivity index (χ3v) is 4.08. The molecule has 0 amide bonds. The Balaban J connectivity index is 1.68. The second-order valence-electron chi connectivity index (χ2n) is 5.08. The maximum Gasteiger partial charge on any atom is 0.330 e. The molecule has 134 valence electrons. The van der Waals surface area contributed by atoms with Crippen LogP contribution in [0.4, 0.5) is 0 Å². The number of hydrogen-bond acceptors (Lipinski definition) is 8. The van der Waals surface area contributed by atoms with E-state index in [1.807, 2.05) is 16.8 Å². The lowest BCUT2D eigenvalue weighted by Gasteiger charge is -2.09. The van der Waals surface area contributed by atoms with Gasteiger partial charge in [-0.15, -0.1) is 0 Å². The molecule has 0 fully saturated rings. The van der Waals surface area contributed by atoms with Crippen LogP contribution in [0, 0.1) is 0 Å². The van der Waals surface area contributed by atoms with Crippen LogP contribution in [0.1, 0.15) is 11.5 Å². The summed E-state index contributed by atoms with van der Waals surface area (Å²) in [5.74, 6) is 1.51. The highest BCUT2D eigenvalue weighted by Crippen LogP contribution is 2.29. The number of methoxy groups -OCH3 is 2. The van der Waals surface area contributed by atoms with E-state index in [9.17, 15) is 4.79 Å². The van der Waals surface area contributed by atoms with Gasteiger partial charge in [-0.2, -0.15) is 16.3 Å². The van der Waals surface area contributed by atoms with Crippen molar-refractivity contribution in [2.45, 2.75) is 6.61 Å². The molecule has 26 heavy (non-hydrogen) atoms. The minimum atomic E-state index is -0.429. The SMILES string of the molecule is COC(=O)/C=C/c1ccc(OCc2nc(-c3ccsc3)no2)c(OC)c1. The Labute approximate surface area is 153 Å². The van der Waals surface area contributed by atoms with Gasteiger partial charge in [0.05, 0.1) is 14.2 Å². The van der Waals surface area contributed by atoms with E-state index in [1.165, 1.54) is 20.3 Å². The summed E-state index contributed by atoms with van der Waals surface area (Å²) in [7, 11) is 2.86. The summed E-state index contributed by atoms with van der Waals surface area (Å²) in [6, 6.07) is 7.21. The van der Waals surface area contributed by atoms with E-state index in [4.69, 9.17) is 14.0 Å². The highest BCUT2D eigenvalue weighted by Gasteiger charge is 2.11. The first-order valence-corrected chi connectivity index (χ1v) is 8.56. The summed E-state index contributed by atoms with van der Waals surface area (Å²) in [5, 5.41) is 7.82. The number of esters is 1. The van der Waals surface area contributed by atoms with Crippen molar-refractivity contribution in [3.63, 3.8) is 0 Å². The first-order chi connectivity index (χ1) is 12.7. The molecule has 0 saturated carbocycles. The van der Waals surface area contributed by atoms with Gasteiger partial charge in [-0.3, -0.25) is 0 Å². The van der Waals surface area contributed by atoms with E-state index in [1.54, 1.807) is 35.6 Å². The molecule has 1 aromatic carbocycles. The van der Waals surface area contributed by atoms with Crippen molar-refractivity contribution < 1.29 is 23.5 Å². The Morgan fingerprint density at radius 3 is 2.88 bits per heavy atom. The van der Waals surface area contributed by atoms with Gasteiger partial charge >= 0.3 is 5.97 Å². The molecule has 0 aliphatic rings. The third kappa shape index (κ3) is 4.28. The van der Waals surface area contributed by atoms with Crippen molar-refractivity contribution in [2.24, 2.45) is 0 Å². The Morgan fingerprint density at radius 2 is 2.15 bits per heavy atom. The second kappa shape index (κ2) is 8.30. The van der Waals surface area contributed by atoms with Crippen LogP contribution in [0.2, 0.25) is 0 Å². The van der Waals surface area contributed by atoms with E-state index < -0.39 is 5.97 Å². The zero-order valence-electron chi connectivity index (χ0n) is 14.2. The van der Waals surface area contributed by atoms with Gasteiger partial charge in [-0.1, -0.05) is 11.2 Å². The molecular formula is C18H16N2O5S. The van der Waals surface area contributed by atoms with Crippen molar-refractivity contribution in [1.82, 2.24) is 10.1 Å². The number of ether oxygens (including phenoxy) is 3. The summed E-state index contributed by atoms with van der Waals surface area (Å²) in [5.41, 5.74) is 1.68. The highest BCUT2D eigenvalue weighted by molar-refractivity contribution is 7.08. The Morgan fingerprint density at radius 1 is 1.27 bits per heavy atom. The van der Waals surface area contributed by atoms with Gasteiger partial charge in [0.15, 0.2) is 18.1 Å². The van der Waals surface area contributed by atoms with Crippen molar-refractivity contribution in [1.29, 1.82) is 0 Å². The van der Waals surface area contributed by atoms with E-state index in [2.05, 4.69) is 14.9 Å². The van der Waals surface area contributed by atoms with Crippen LogP contribution in [-0.4, -0.2) is 30.3 Å². The fourth-order valence-electron chi connectivity index (χ4n) is 2.10. The predicted molar refractivity (Wildman–Crippen MR) is 96.0 cm³/mol. The molecule has 7 nitrogen and oxygen atoms in total. The highest BCUT2D eigenvalue weighted by atomic mass is 32.1. The van der Waals surface area contributed by atoms with Crippen LogP contribution < -0.4 is 9.47 Å². The average Bonchev–Trinajstić information content (AvgIpc) is 3.36. The smallest absolute Gasteiger partial charge is 0.330 e. The molecule has 0 atom stereocenters. The van der Waals surface area contributed by atoms with E-state index in [0.29, 0.717) is 23.2 Å². The number of carbonyl (C=O) groups excluding carboxylic acids is 1. The third-order valence-electron chi connectivity index (χ3n) is 3.40. The van der Waals surface area contributed by atoms with Gasteiger partial charge in [0.25, 0.3) is 5.89 Å². The topological polar surface area (TPSA) is 83.7 Å². The number of hydrogen-bond donors (Lipinski definition) is 0. The van der Waals surface area contributed by atoms with Crippen molar-refractivity contribution in [2.75, 3.05) is 14.2 Å². The molecule has 0 unspecified atom stereocenters. The number of nitrogens with zero attached hydrogens (tertiary/aromatic N) is 2. The second-order valence-corrected chi connectivity index (χ2v) is 5.86. The van der Waals surface area contributed by atoms with E-state index in [0.717, 1.165) is 11.1 Å². The summed E-state index contributed by atoms with van der Waals surface area (Å²) in [4.78, 5) is 15.5. The average molecular weight is 372 g/mol. The molecule has 0 aliphatic heterocycles. The largest absolute Gasteiger partial charge is 0.493 e. The first kappa shape index (κ1) is 17.7. The van der Waals surface area contributed by atoms with Gasteiger partial charge in [0, 0.05) is 17.0 Å². The van der Waals surface area contributed by atoms with Crippen LogP contribution >= 0.6 is 11.3 Å². The molecule has 0 aliphatic carbocycles. The fourth-order valence-corrected chi connectivity index (χ4v) is 2.74. The zero-order valence-corrected chi connectivity index (χ0v) is 15.0. The van der Waals surface area contributed by atoms with Crippen LogP contribution in [0.3, 0.4) is 0 Å². The lowest BCUT2D eigenvalue weighted by Crippen LogP contribution is -1.98. The van der Waals surface area contributed by atoms with Gasteiger partial charge < -0.3 is 18.7 Å². The molecular weight excluding hydrogens is 356 g/mol. The molecule has 8 heteroatoms. The Hall–Kier alpha value is -3.13. The summed E-state index contributed by atoms with van der Waals surface area (Å²) >= 11 is 1.56. The van der Waals surface area contributed by atoms with Gasteiger partial charge in [0.1, 0.15) is 0 Å². The molecule has 2 heterocycles. The fraction of sp³-hybridized carbons (Fsp3) is 0.167. The summed E-state index contributed by atoms with van der Waals surface area (Å²) in [6.45, 7) is 0.116. The predicted octanol–water partition coefficient (Wildman–Crippen LogP) is 3.57. The maximum atomic E-state index is 11.2. The van der Waals surface area contributed by atoms with E-state index >= 15 is 0 Å². The van der Waals surface area contributed by atoms with Crippen molar-refractivity contribution >= 4 is 23.4 Å². The summed E-state index contributed by atoms with van der Waals surface area (Å²) in [6.07, 6.45) is 2.96. The standard InChI is InChI=1S/C18H16N2O5S/c1-22-15-9-12(4-6-17(21)23-2)3-5-14(15)24-10-16-19-18(20-25-16)13-7-8-26-11-13/h3-9,11H,10H2,1-2H3/b6-4+. The Kier molecular flexibility index (Phi) is 5.65. The minimum Gasteiger partial charge on any atom is -0.493 e. The van der Waals surface area contributed by atoms with E-state index in [-0.39, 0.29) is 6.61 Å². The monoisotopic (exact) mass is 372 g/mol. The molecule has 0 saturated heterocycles. The zero-order chi connectivity index (χ0) is 18.4. The number of thiophene rings is 1. The normalized spacial score (nSPS) is 10.8. The molecule has 0 spiro atoms. The molecule has 0 bridgehead atoms. The molecule has 0 N–H and O–H groups in total. The molecule has 3 aromatic rings. The van der Waals surface area contributed by atoms with Crippen LogP contribution in [0.25, 0.3) is 17.5 Å². The maximum absolute atomic E-state index is 11.2. The van der Waals surface area contributed by atoms with Crippen LogP contribution in [0.15, 0.2) is 45.6 Å². The lowest BCUT2D eigenvalue weighted by molar-refractivity contribution is -0.134. The number of benzene rings is 1. The van der Waals surface area contributed by atoms with Crippen LogP contribution in [-0.2, 0) is 16.1 Å². The van der Waals surface area contributed by atoms with Gasteiger partial charge in [-0.05, 0) is 35.2 Å². The van der Waals surface area contributed by atoms with Gasteiger partial charge in [0.2, 0.25) is 5.82 Å².